The molecule has 16 nitrogen and oxygen atoms in total. The van der Waals surface area contributed by atoms with Crippen molar-refractivity contribution in [1.29, 1.82) is 0 Å². The van der Waals surface area contributed by atoms with Gasteiger partial charge < -0.3 is 69.4 Å². The monoisotopic (exact) mass is 1030 g/mol. The summed E-state index contributed by atoms with van der Waals surface area (Å²) >= 11 is 0. The lowest BCUT2D eigenvalue weighted by atomic mass is 10.00. The third kappa shape index (κ3) is 15.6. The van der Waals surface area contributed by atoms with E-state index in [1.54, 1.807) is 0 Å². The number of phenols is 6. The lowest BCUT2D eigenvalue weighted by molar-refractivity contribution is 0.282. The summed E-state index contributed by atoms with van der Waals surface area (Å²) in [6.45, 7) is 0.565. The van der Waals surface area contributed by atoms with Crippen LogP contribution in [0.2, 0.25) is 0 Å². The average Bonchev–Trinajstić information content (AvgIpc) is 3.38. The topological polar surface area (TPSA) is 281 Å². The van der Waals surface area contributed by atoms with Crippen molar-refractivity contribution in [2.75, 3.05) is 27.4 Å². The molecule has 0 atom stereocenters. The predicted molar refractivity (Wildman–Crippen MR) is 285 cm³/mol. The Bertz CT molecular complexity index is 2850. The predicted octanol–water partition coefficient (Wildman–Crippen LogP) is 12.2. The molecule has 74 heavy (non-hydrogen) atoms. The lowest BCUT2D eigenvalue weighted by Gasteiger charge is -2.15. The van der Waals surface area contributed by atoms with Gasteiger partial charge in [-0.15, -0.1) is 0 Å². The van der Waals surface area contributed by atoms with E-state index in [0.29, 0.717) is 24.0 Å². The molecule has 6 aromatic rings. The summed E-state index contributed by atoms with van der Waals surface area (Å²) in [5, 5.41) is 99.7. The molecule has 6 rings (SSSR count). The first-order chi connectivity index (χ1) is 35.8. The Morgan fingerprint density at radius 2 is 0.784 bits per heavy atom. The zero-order valence-electron chi connectivity index (χ0n) is 42.9. The largest absolute Gasteiger partial charge is 0.507 e. The highest BCUT2D eigenvalue weighted by molar-refractivity contribution is 5.91. The Balaban J connectivity index is 0.000000274. The van der Waals surface area contributed by atoms with Crippen molar-refractivity contribution in [2.24, 2.45) is 0 Å². The van der Waals surface area contributed by atoms with Gasteiger partial charge in [0.05, 0.1) is 14.2 Å². The number of unbranched alkanes of at least 4 members (excludes halogenated alkanes) is 20. The van der Waals surface area contributed by atoms with Crippen LogP contribution in [0.3, 0.4) is 0 Å². The van der Waals surface area contributed by atoms with Crippen LogP contribution in [-0.2, 0) is 12.8 Å². The third-order valence-corrected chi connectivity index (χ3v) is 13.5. The van der Waals surface area contributed by atoms with Crippen molar-refractivity contribution >= 4 is 21.9 Å². The van der Waals surface area contributed by atoms with Gasteiger partial charge in [-0.25, -0.2) is 0 Å². The molecule has 0 saturated carbocycles. The SMILES string of the molecule is COc1cc(-c2oc3cc(O)c(CCCCCCCCCCCCCO)c(OC)c3c(=O)c2O)ccc1O.O=c1c(O)c(-c2ccc(O)c(O)c2)oc2cc(O)c(CCCCCCCCCCCCCO)c(O)c12. The highest BCUT2D eigenvalue weighted by Crippen LogP contribution is 2.43. The molecule has 0 saturated heterocycles. The minimum atomic E-state index is -0.853. The fraction of sp³-hybridized carbons (Fsp3) is 0.483. The van der Waals surface area contributed by atoms with Gasteiger partial charge in [0.25, 0.3) is 0 Å². The van der Waals surface area contributed by atoms with Crippen molar-refractivity contribution in [3.05, 3.63) is 80.1 Å². The van der Waals surface area contributed by atoms with Gasteiger partial charge in [-0.1, -0.05) is 116 Å². The first kappa shape index (κ1) is 58.1. The number of benzene rings is 4. The number of hydrogen-bond acceptors (Lipinski definition) is 16. The van der Waals surface area contributed by atoms with Crippen molar-refractivity contribution in [1.82, 2.24) is 0 Å². The first-order valence-electron chi connectivity index (χ1n) is 26.2. The summed E-state index contributed by atoms with van der Waals surface area (Å²) in [4.78, 5) is 26.1. The van der Waals surface area contributed by atoms with Crippen LogP contribution in [0.15, 0.2) is 67.0 Å². The maximum Gasteiger partial charge on any atom is 0.238 e. The molecule has 10 N–H and O–H groups in total. The maximum atomic E-state index is 13.2. The van der Waals surface area contributed by atoms with Crippen LogP contribution in [0, 0.1) is 0 Å². The molecule has 0 bridgehead atoms. The second-order valence-electron chi connectivity index (χ2n) is 18.9. The maximum absolute atomic E-state index is 13.2. The molecule has 0 unspecified atom stereocenters. The Morgan fingerprint density at radius 1 is 0.392 bits per heavy atom. The van der Waals surface area contributed by atoms with Crippen LogP contribution in [-0.4, -0.2) is 78.5 Å². The summed E-state index contributed by atoms with van der Waals surface area (Å²) in [6, 6.07) is 10.6. The van der Waals surface area contributed by atoms with Gasteiger partial charge >= 0.3 is 0 Å². The van der Waals surface area contributed by atoms with Crippen LogP contribution in [0.1, 0.15) is 152 Å². The van der Waals surface area contributed by atoms with E-state index in [1.807, 2.05) is 0 Å². The van der Waals surface area contributed by atoms with Crippen LogP contribution in [0.4, 0.5) is 0 Å². The van der Waals surface area contributed by atoms with E-state index in [-0.39, 0.29) is 92.3 Å². The van der Waals surface area contributed by atoms with Gasteiger partial charge in [-0.05, 0) is 74.9 Å². The second-order valence-corrected chi connectivity index (χ2v) is 18.9. The first-order valence-corrected chi connectivity index (χ1v) is 26.2. The third-order valence-electron chi connectivity index (χ3n) is 13.5. The molecule has 0 amide bonds. The number of ether oxygens (including phenoxy) is 2. The van der Waals surface area contributed by atoms with E-state index < -0.39 is 33.9 Å². The van der Waals surface area contributed by atoms with E-state index >= 15 is 0 Å². The molecular formula is C58H76O16. The fourth-order valence-corrected chi connectivity index (χ4v) is 9.29. The smallest absolute Gasteiger partial charge is 0.238 e. The molecule has 2 aromatic heterocycles. The zero-order valence-corrected chi connectivity index (χ0v) is 42.9. The quantitative estimate of drug-likeness (QED) is 0.0148. The van der Waals surface area contributed by atoms with Crippen molar-refractivity contribution in [3.8, 4) is 80.1 Å². The molecule has 0 spiro atoms. The van der Waals surface area contributed by atoms with Crippen LogP contribution < -0.4 is 20.3 Å². The average molecular weight is 1030 g/mol. The van der Waals surface area contributed by atoms with Gasteiger partial charge in [0, 0.05) is 47.6 Å². The van der Waals surface area contributed by atoms with E-state index in [2.05, 4.69) is 0 Å². The summed E-state index contributed by atoms with van der Waals surface area (Å²) < 4.78 is 22.1. The highest BCUT2D eigenvalue weighted by Gasteiger charge is 2.25. The highest BCUT2D eigenvalue weighted by atomic mass is 16.5. The number of aliphatic hydroxyl groups is 2. The molecule has 0 fully saturated rings. The molecule has 404 valence electrons. The second kappa shape index (κ2) is 29.8. The molecule has 0 aliphatic rings. The molecule has 2 heterocycles. The van der Waals surface area contributed by atoms with Crippen molar-refractivity contribution < 1.29 is 69.4 Å². The Labute approximate surface area is 431 Å². The summed E-state index contributed by atoms with van der Waals surface area (Å²) in [7, 11) is 2.82. The van der Waals surface area contributed by atoms with Gasteiger partial charge in [0.2, 0.25) is 22.4 Å². The van der Waals surface area contributed by atoms with E-state index in [4.69, 9.17) is 28.5 Å². The van der Waals surface area contributed by atoms with Crippen LogP contribution in [0.5, 0.6) is 57.5 Å². The summed E-state index contributed by atoms with van der Waals surface area (Å²) in [6.07, 6.45) is 24.9. The lowest BCUT2D eigenvalue weighted by Crippen LogP contribution is -2.07. The standard InChI is InChI=1S/C30H40O8.C28H36O8/c1-36-24-18-20(15-16-22(24)32)29-28(35)27(34)26-25(38-29)19-23(33)21(30(26)37-2)14-12-10-8-6-4-3-5-7-9-11-13-17-31;29-15-11-9-7-5-3-1-2-4-6-8-10-12-19-21(31)17-23-24(25(19)33)26(34)27(35)28(36-23)18-13-14-20(30)22(32)16-18/h15-16,18-19,31-33,35H,3-14,17H2,1-2H3;13-14,16-17,29-33,35H,1-12,15H2. The number of fused-ring (bicyclic) bond motifs is 2. The van der Waals surface area contributed by atoms with Gasteiger partial charge in [-0.2, -0.15) is 0 Å². The van der Waals surface area contributed by atoms with E-state index in [1.165, 1.54) is 127 Å². The minimum Gasteiger partial charge on any atom is -0.507 e. The number of aliphatic hydroxyl groups excluding tert-OH is 2. The molecule has 4 aromatic carbocycles. The van der Waals surface area contributed by atoms with Crippen molar-refractivity contribution in [2.45, 2.75) is 154 Å². The van der Waals surface area contributed by atoms with Gasteiger partial charge in [-0.3, -0.25) is 9.59 Å². The number of aromatic hydroxyl groups is 8. The summed E-state index contributed by atoms with van der Waals surface area (Å²) in [5.74, 6) is -2.86. The van der Waals surface area contributed by atoms with Crippen LogP contribution in [0.25, 0.3) is 44.6 Å². The number of phenolic OH excluding ortho intramolecular Hbond substituents is 6. The Hall–Kier alpha value is -6.78. The molecular weight excluding hydrogens is 953 g/mol. The fourth-order valence-electron chi connectivity index (χ4n) is 9.29. The number of methoxy groups -OCH3 is 2. The molecule has 0 aliphatic carbocycles. The minimum absolute atomic E-state index is 0.0291. The Kier molecular flexibility index (Phi) is 23.4. The molecule has 0 aliphatic heterocycles. The summed E-state index contributed by atoms with van der Waals surface area (Å²) in [5.41, 5.74) is -0.288. The number of hydrogen-bond donors (Lipinski definition) is 10. The van der Waals surface area contributed by atoms with E-state index in [9.17, 15) is 50.4 Å². The molecule has 0 radical (unpaired) electrons. The number of rotatable bonds is 30. The Morgan fingerprint density at radius 3 is 1.23 bits per heavy atom. The van der Waals surface area contributed by atoms with Gasteiger partial charge in [0.1, 0.15) is 44.9 Å². The van der Waals surface area contributed by atoms with Gasteiger partial charge in [0.15, 0.2) is 34.5 Å². The normalized spacial score (nSPS) is 11.3. The van der Waals surface area contributed by atoms with Crippen LogP contribution >= 0.6 is 0 Å². The van der Waals surface area contributed by atoms with Crippen molar-refractivity contribution in [3.63, 3.8) is 0 Å². The van der Waals surface area contributed by atoms with E-state index in [0.717, 1.165) is 76.7 Å². The molecule has 16 heteroatoms. The zero-order chi connectivity index (χ0) is 53.6.